The van der Waals surface area contributed by atoms with Gasteiger partial charge in [0.2, 0.25) is 0 Å². The van der Waals surface area contributed by atoms with Crippen molar-refractivity contribution in [2.45, 2.75) is 58.7 Å². The molecule has 4 aliphatic heterocycles. The fourth-order valence-electron chi connectivity index (χ4n) is 7.12. The van der Waals surface area contributed by atoms with E-state index in [1.54, 1.807) is 0 Å². The standard InChI is InChI=1S/C33H43N5O2/c1-25(2)36-13-9-33(10-14-36)11-15-37(16-12-33)29-6-3-26(4-7-29)27-5-8-30-31(21-27)40-24-32-34-28(23-38(30)32)22-35-17-19-39-20-18-35/h3-8,21,23,25H,9-20,22,24H2,1-2H3. The average molecular weight is 542 g/mol. The monoisotopic (exact) mass is 541 g/mol. The number of benzene rings is 2. The first kappa shape index (κ1) is 26.1. The average Bonchev–Trinajstić information content (AvgIpc) is 3.41. The molecule has 0 radical (unpaired) electrons. The summed E-state index contributed by atoms with van der Waals surface area (Å²) in [6.07, 6.45) is 7.57. The molecule has 7 rings (SSSR count). The Balaban J connectivity index is 1.00. The predicted octanol–water partition coefficient (Wildman–Crippen LogP) is 5.35. The summed E-state index contributed by atoms with van der Waals surface area (Å²) >= 11 is 0. The maximum atomic E-state index is 6.18. The number of hydrogen-bond donors (Lipinski definition) is 0. The van der Waals surface area contributed by atoms with Crippen LogP contribution in [0.25, 0.3) is 16.8 Å². The molecule has 212 valence electrons. The maximum absolute atomic E-state index is 6.18. The first-order valence-electron chi connectivity index (χ1n) is 15.3. The largest absolute Gasteiger partial charge is 0.483 e. The molecule has 3 aromatic rings. The summed E-state index contributed by atoms with van der Waals surface area (Å²) in [5.74, 6) is 1.90. The number of nitrogens with zero attached hydrogens (tertiary/aromatic N) is 5. The number of imidazole rings is 1. The molecule has 0 bridgehead atoms. The van der Waals surface area contributed by atoms with Gasteiger partial charge in [0.15, 0.2) is 5.82 Å². The molecule has 0 N–H and O–H groups in total. The molecule has 3 fully saturated rings. The second-order valence-corrected chi connectivity index (χ2v) is 12.5. The maximum Gasteiger partial charge on any atom is 0.151 e. The zero-order chi connectivity index (χ0) is 27.1. The van der Waals surface area contributed by atoms with Crippen molar-refractivity contribution in [1.29, 1.82) is 0 Å². The summed E-state index contributed by atoms with van der Waals surface area (Å²) in [4.78, 5) is 12.5. The molecular weight excluding hydrogens is 498 g/mol. The fraction of sp³-hybridized carbons (Fsp3) is 0.545. The summed E-state index contributed by atoms with van der Waals surface area (Å²) in [6.45, 7) is 14.5. The fourth-order valence-corrected chi connectivity index (χ4v) is 7.12. The molecule has 40 heavy (non-hydrogen) atoms. The Labute approximate surface area is 238 Å². The summed E-state index contributed by atoms with van der Waals surface area (Å²) in [6, 6.07) is 16.4. The highest BCUT2D eigenvalue weighted by Gasteiger charge is 2.38. The van der Waals surface area contributed by atoms with Crippen LogP contribution in [0, 0.1) is 5.41 Å². The quantitative estimate of drug-likeness (QED) is 0.434. The van der Waals surface area contributed by atoms with Crippen molar-refractivity contribution in [2.75, 3.05) is 57.4 Å². The number of hydrogen-bond acceptors (Lipinski definition) is 6. The van der Waals surface area contributed by atoms with Gasteiger partial charge in [0.1, 0.15) is 12.4 Å². The zero-order valence-electron chi connectivity index (χ0n) is 24.1. The summed E-state index contributed by atoms with van der Waals surface area (Å²) < 4.78 is 13.9. The summed E-state index contributed by atoms with van der Waals surface area (Å²) in [5, 5.41) is 0. The first-order chi connectivity index (χ1) is 19.6. The lowest BCUT2D eigenvalue weighted by Gasteiger charge is -2.48. The number of morpholine rings is 1. The smallest absolute Gasteiger partial charge is 0.151 e. The Hall–Kier alpha value is -2.87. The topological polar surface area (TPSA) is 46.0 Å². The van der Waals surface area contributed by atoms with Gasteiger partial charge in [-0.25, -0.2) is 4.98 Å². The second kappa shape index (κ2) is 10.8. The van der Waals surface area contributed by atoms with Crippen LogP contribution in [0.3, 0.4) is 0 Å². The van der Waals surface area contributed by atoms with Gasteiger partial charge >= 0.3 is 0 Å². The van der Waals surface area contributed by atoms with Crippen molar-refractivity contribution >= 4 is 5.69 Å². The normalized spacial score (nSPS) is 21.3. The number of anilines is 1. The van der Waals surface area contributed by atoms with E-state index in [-0.39, 0.29) is 0 Å². The molecule has 0 aliphatic carbocycles. The van der Waals surface area contributed by atoms with E-state index in [1.807, 2.05) is 0 Å². The third kappa shape index (κ3) is 5.15. The minimum atomic E-state index is 0.504. The molecule has 2 aromatic carbocycles. The Morgan fingerprint density at radius 3 is 2.27 bits per heavy atom. The Morgan fingerprint density at radius 1 is 0.850 bits per heavy atom. The minimum absolute atomic E-state index is 0.504. The van der Waals surface area contributed by atoms with Crippen LogP contribution in [0.4, 0.5) is 5.69 Å². The predicted molar refractivity (Wildman–Crippen MR) is 159 cm³/mol. The van der Waals surface area contributed by atoms with Gasteiger partial charge in [-0.1, -0.05) is 18.2 Å². The number of rotatable bonds is 5. The van der Waals surface area contributed by atoms with Gasteiger partial charge in [0, 0.05) is 50.6 Å². The summed E-state index contributed by atoms with van der Waals surface area (Å²) in [5.41, 5.74) is 6.51. The molecule has 5 heterocycles. The SMILES string of the molecule is CC(C)N1CCC2(CCN(c3ccc(-c4ccc5c(c4)OCc4nc(CN6CCOCC6)cn4-5)cc3)CC2)CC1. The van der Waals surface area contributed by atoms with Crippen LogP contribution < -0.4 is 9.64 Å². The van der Waals surface area contributed by atoms with Crippen LogP contribution in [-0.2, 0) is 17.9 Å². The van der Waals surface area contributed by atoms with Gasteiger partial charge < -0.3 is 19.3 Å². The van der Waals surface area contributed by atoms with Gasteiger partial charge in [-0.3, -0.25) is 9.47 Å². The highest BCUT2D eigenvalue weighted by molar-refractivity contribution is 5.70. The molecule has 0 amide bonds. The van der Waals surface area contributed by atoms with Crippen molar-refractivity contribution in [2.24, 2.45) is 5.41 Å². The van der Waals surface area contributed by atoms with Crippen molar-refractivity contribution in [3.8, 4) is 22.6 Å². The van der Waals surface area contributed by atoms with E-state index in [2.05, 4.69) is 81.8 Å². The molecule has 3 saturated heterocycles. The molecule has 0 unspecified atom stereocenters. The van der Waals surface area contributed by atoms with E-state index in [1.165, 1.54) is 68.7 Å². The summed E-state index contributed by atoms with van der Waals surface area (Å²) in [7, 11) is 0. The van der Waals surface area contributed by atoms with Gasteiger partial charge in [-0.2, -0.15) is 0 Å². The van der Waals surface area contributed by atoms with Gasteiger partial charge in [0.05, 0.1) is 24.6 Å². The van der Waals surface area contributed by atoms with Crippen molar-refractivity contribution < 1.29 is 9.47 Å². The van der Waals surface area contributed by atoms with Gasteiger partial charge in [-0.15, -0.1) is 0 Å². The molecule has 1 spiro atoms. The van der Waals surface area contributed by atoms with Crippen LogP contribution >= 0.6 is 0 Å². The minimum Gasteiger partial charge on any atom is -0.483 e. The van der Waals surface area contributed by atoms with Crippen molar-refractivity contribution in [3.63, 3.8) is 0 Å². The Bertz CT molecular complexity index is 1310. The van der Waals surface area contributed by atoms with Crippen LogP contribution in [0.5, 0.6) is 5.75 Å². The molecule has 1 aromatic heterocycles. The Morgan fingerprint density at radius 2 is 1.55 bits per heavy atom. The Kier molecular flexibility index (Phi) is 7.06. The number of fused-ring (bicyclic) bond motifs is 3. The van der Waals surface area contributed by atoms with Gasteiger partial charge in [-0.05, 0) is 93.4 Å². The highest BCUT2D eigenvalue weighted by Crippen LogP contribution is 2.43. The molecule has 0 atom stereocenters. The lowest BCUT2D eigenvalue weighted by Crippen LogP contribution is -2.48. The van der Waals surface area contributed by atoms with E-state index < -0.39 is 0 Å². The van der Waals surface area contributed by atoms with E-state index in [0.717, 1.165) is 55.8 Å². The molecular formula is C33H43N5O2. The lowest BCUT2D eigenvalue weighted by atomic mass is 9.71. The lowest BCUT2D eigenvalue weighted by molar-refractivity contribution is 0.0337. The van der Waals surface area contributed by atoms with Crippen LogP contribution in [0.2, 0.25) is 0 Å². The second-order valence-electron chi connectivity index (χ2n) is 12.5. The molecule has 7 heteroatoms. The van der Waals surface area contributed by atoms with Crippen molar-refractivity contribution in [1.82, 2.24) is 19.4 Å². The van der Waals surface area contributed by atoms with Crippen LogP contribution in [0.15, 0.2) is 48.7 Å². The van der Waals surface area contributed by atoms with Crippen molar-refractivity contribution in [3.05, 3.63) is 60.2 Å². The molecule has 0 saturated carbocycles. The molecule has 7 nitrogen and oxygen atoms in total. The van der Waals surface area contributed by atoms with E-state index >= 15 is 0 Å². The third-order valence-corrected chi connectivity index (χ3v) is 9.87. The van der Waals surface area contributed by atoms with E-state index in [9.17, 15) is 0 Å². The van der Waals surface area contributed by atoms with Crippen LogP contribution in [0.1, 0.15) is 51.0 Å². The third-order valence-electron chi connectivity index (χ3n) is 9.87. The van der Waals surface area contributed by atoms with Crippen LogP contribution in [-0.4, -0.2) is 77.9 Å². The number of ether oxygens (including phenoxy) is 2. The molecule has 4 aliphatic rings. The zero-order valence-corrected chi connectivity index (χ0v) is 24.1. The van der Waals surface area contributed by atoms with Gasteiger partial charge in [0.25, 0.3) is 0 Å². The van der Waals surface area contributed by atoms with E-state index in [4.69, 9.17) is 14.5 Å². The number of piperidine rings is 2. The van der Waals surface area contributed by atoms with E-state index in [0.29, 0.717) is 18.1 Å². The highest BCUT2D eigenvalue weighted by atomic mass is 16.5. The first-order valence-corrected chi connectivity index (χ1v) is 15.3. The number of aromatic nitrogens is 2. The number of likely N-dealkylation sites (tertiary alicyclic amines) is 1.